The van der Waals surface area contributed by atoms with E-state index in [9.17, 15) is 0 Å². The first-order chi connectivity index (χ1) is 6.79. The summed E-state index contributed by atoms with van der Waals surface area (Å²) in [5, 5.41) is 0. The van der Waals surface area contributed by atoms with Crippen molar-refractivity contribution in [3.05, 3.63) is 0 Å². The van der Waals surface area contributed by atoms with Crippen molar-refractivity contribution in [2.24, 2.45) is 0 Å². The van der Waals surface area contributed by atoms with Gasteiger partial charge in [-0.05, 0) is 33.5 Å². The topological polar surface area (TPSA) is 15.8 Å². The molecule has 0 amide bonds. The molecule has 1 aliphatic heterocycles. The average Bonchev–Trinajstić information content (AvgIpc) is 2.92. The molecule has 1 heterocycles. The van der Waals surface area contributed by atoms with Crippen molar-refractivity contribution in [1.29, 1.82) is 0 Å². The summed E-state index contributed by atoms with van der Waals surface area (Å²) in [6, 6.07) is 0. The normalized spacial score (nSPS) is 20.4. The summed E-state index contributed by atoms with van der Waals surface area (Å²) >= 11 is 0. The molecule has 0 aromatic rings. The standard InChI is InChI=1S/C12H25NO/c1-13(2)10-8-6-4-3-5-7-9-12-11-14-12/h12H,3-11H2,1-2H3. The second-order valence-corrected chi connectivity index (χ2v) is 4.67. The zero-order valence-electron chi connectivity index (χ0n) is 9.80. The van der Waals surface area contributed by atoms with Gasteiger partial charge in [0.15, 0.2) is 0 Å². The van der Waals surface area contributed by atoms with Crippen molar-refractivity contribution >= 4 is 0 Å². The highest BCUT2D eigenvalue weighted by Gasteiger charge is 2.20. The Morgan fingerprint density at radius 3 is 2.14 bits per heavy atom. The van der Waals surface area contributed by atoms with E-state index in [1.807, 2.05) is 0 Å². The maximum absolute atomic E-state index is 5.17. The molecule has 0 radical (unpaired) electrons. The lowest BCUT2D eigenvalue weighted by Gasteiger charge is -2.08. The zero-order chi connectivity index (χ0) is 10.2. The largest absolute Gasteiger partial charge is 0.373 e. The van der Waals surface area contributed by atoms with Crippen LogP contribution < -0.4 is 0 Å². The van der Waals surface area contributed by atoms with E-state index in [0.717, 1.165) is 6.61 Å². The molecule has 0 bridgehead atoms. The highest BCUT2D eigenvalue weighted by Crippen LogP contribution is 2.17. The van der Waals surface area contributed by atoms with Gasteiger partial charge in [0.2, 0.25) is 0 Å². The van der Waals surface area contributed by atoms with Gasteiger partial charge in [0.05, 0.1) is 12.7 Å². The van der Waals surface area contributed by atoms with Crippen LogP contribution in [0.25, 0.3) is 0 Å². The second-order valence-electron chi connectivity index (χ2n) is 4.67. The Hall–Kier alpha value is -0.0800. The molecule has 0 aliphatic carbocycles. The van der Waals surface area contributed by atoms with Crippen molar-refractivity contribution in [2.75, 3.05) is 27.2 Å². The minimum absolute atomic E-state index is 0.642. The minimum Gasteiger partial charge on any atom is -0.373 e. The Balaban J connectivity index is 1.66. The highest BCUT2D eigenvalue weighted by atomic mass is 16.6. The van der Waals surface area contributed by atoms with Crippen LogP contribution in [0.5, 0.6) is 0 Å². The summed E-state index contributed by atoms with van der Waals surface area (Å²) < 4.78 is 5.17. The molecule has 84 valence electrons. The Morgan fingerprint density at radius 1 is 1.00 bits per heavy atom. The summed E-state index contributed by atoms with van der Waals surface area (Å²) in [7, 11) is 4.30. The lowest BCUT2D eigenvalue weighted by Crippen LogP contribution is -2.12. The Kier molecular flexibility index (Phi) is 6.20. The number of hydrogen-bond acceptors (Lipinski definition) is 2. The molecule has 0 saturated carbocycles. The lowest BCUT2D eigenvalue weighted by atomic mass is 10.1. The van der Waals surface area contributed by atoms with Crippen LogP contribution >= 0.6 is 0 Å². The molecule has 0 aromatic carbocycles. The van der Waals surface area contributed by atoms with Gasteiger partial charge in [-0.25, -0.2) is 0 Å². The van der Waals surface area contributed by atoms with Gasteiger partial charge in [0.1, 0.15) is 0 Å². The first-order valence-corrected chi connectivity index (χ1v) is 6.05. The predicted octanol–water partition coefficient (Wildman–Crippen LogP) is 2.68. The van der Waals surface area contributed by atoms with Crippen LogP contribution in [-0.4, -0.2) is 38.3 Å². The molecule has 1 atom stereocenters. The molecule has 2 heteroatoms. The Morgan fingerprint density at radius 2 is 1.57 bits per heavy atom. The smallest absolute Gasteiger partial charge is 0.0810 e. The molecule has 1 saturated heterocycles. The summed E-state index contributed by atoms with van der Waals surface area (Å²) in [6.07, 6.45) is 10.3. The van der Waals surface area contributed by atoms with Crippen LogP contribution in [0.3, 0.4) is 0 Å². The van der Waals surface area contributed by atoms with E-state index >= 15 is 0 Å². The van der Waals surface area contributed by atoms with Crippen molar-refractivity contribution < 1.29 is 4.74 Å². The quantitative estimate of drug-likeness (QED) is 0.419. The molecule has 1 fully saturated rings. The van der Waals surface area contributed by atoms with Crippen molar-refractivity contribution in [1.82, 2.24) is 4.90 Å². The number of rotatable bonds is 9. The third-order valence-corrected chi connectivity index (χ3v) is 2.78. The number of epoxide rings is 1. The van der Waals surface area contributed by atoms with E-state index in [2.05, 4.69) is 19.0 Å². The van der Waals surface area contributed by atoms with Crippen LogP contribution in [0.4, 0.5) is 0 Å². The molecular weight excluding hydrogens is 174 g/mol. The van der Waals surface area contributed by atoms with Crippen LogP contribution in [0.2, 0.25) is 0 Å². The minimum atomic E-state index is 0.642. The maximum atomic E-state index is 5.17. The molecule has 1 unspecified atom stereocenters. The molecule has 14 heavy (non-hydrogen) atoms. The fraction of sp³-hybridized carbons (Fsp3) is 1.00. The molecule has 2 nitrogen and oxygen atoms in total. The third-order valence-electron chi connectivity index (χ3n) is 2.78. The fourth-order valence-corrected chi connectivity index (χ4v) is 1.74. The van der Waals surface area contributed by atoms with Gasteiger partial charge in [-0.2, -0.15) is 0 Å². The van der Waals surface area contributed by atoms with E-state index in [4.69, 9.17) is 4.74 Å². The maximum Gasteiger partial charge on any atom is 0.0810 e. The molecule has 0 N–H and O–H groups in total. The van der Waals surface area contributed by atoms with Crippen molar-refractivity contribution in [2.45, 2.75) is 51.0 Å². The number of nitrogens with zero attached hydrogens (tertiary/aromatic N) is 1. The molecule has 1 aliphatic rings. The lowest BCUT2D eigenvalue weighted by molar-refractivity contribution is 0.381. The molecule has 0 aromatic heterocycles. The van der Waals surface area contributed by atoms with E-state index in [-0.39, 0.29) is 0 Å². The van der Waals surface area contributed by atoms with Crippen molar-refractivity contribution in [3.8, 4) is 0 Å². The highest BCUT2D eigenvalue weighted by molar-refractivity contribution is 4.68. The predicted molar refractivity (Wildman–Crippen MR) is 60.6 cm³/mol. The number of hydrogen-bond donors (Lipinski definition) is 0. The molecular formula is C12H25NO. The van der Waals surface area contributed by atoms with E-state index in [0.29, 0.717) is 6.10 Å². The van der Waals surface area contributed by atoms with Gasteiger partial charge in [-0.3, -0.25) is 0 Å². The van der Waals surface area contributed by atoms with Gasteiger partial charge in [-0.1, -0.05) is 32.1 Å². The number of unbranched alkanes of at least 4 members (excludes halogenated alkanes) is 5. The SMILES string of the molecule is CN(C)CCCCCCCCC1CO1. The Labute approximate surface area is 88.6 Å². The van der Waals surface area contributed by atoms with Crippen LogP contribution in [-0.2, 0) is 4.74 Å². The van der Waals surface area contributed by atoms with Gasteiger partial charge >= 0.3 is 0 Å². The fourth-order valence-electron chi connectivity index (χ4n) is 1.74. The van der Waals surface area contributed by atoms with Crippen LogP contribution in [0.15, 0.2) is 0 Å². The first-order valence-electron chi connectivity index (χ1n) is 6.05. The van der Waals surface area contributed by atoms with Crippen LogP contribution in [0, 0.1) is 0 Å². The third kappa shape index (κ3) is 7.34. The second kappa shape index (κ2) is 7.24. The van der Waals surface area contributed by atoms with Gasteiger partial charge in [-0.15, -0.1) is 0 Å². The summed E-state index contributed by atoms with van der Waals surface area (Å²) in [5.41, 5.74) is 0. The molecule has 0 spiro atoms. The monoisotopic (exact) mass is 199 g/mol. The number of ether oxygens (including phenoxy) is 1. The van der Waals surface area contributed by atoms with E-state index in [1.54, 1.807) is 0 Å². The van der Waals surface area contributed by atoms with Crippen molar-refractivity contribution in [3.63, 3.8) is 0 Å². The van der Waals surface area contributed by atoms with E-state index < -0.39 is 0 Å². The summed E-state index contributed by atoms with van der Waals surface area (Å²) in [4.78, 5) is 2.27. The first kappa shape index (κ1) is 12.0. The van der Waals surface area contributed by atoms with Crippen LogP contribution in [0.1, 0.15) is 44.9 Å². The molecule has 1 rings (SSSR count). The summed E-state index contributed by atoms with van der Waals surface area (Å²) in [6.45, 7) is 2.28. The summed E-state index contributed by atoms with van der Waals surface area (Å²) in [5.74, 6) is 0. The van der Waals surface area contributed by atoms with E-state index in [1.165, 1.54) is 51.5 Å². The average molecular weight is 199 g/mol. The van der Waals surface area contributed by atoms with Gasteiger partial charge in [0.25, 0.3) is 0 Å². The van der Waals surface area contributed by atoms with Gasteiger partial charge in [0, 0.05) is 0 Å². The zero-order valence-corrected chi connectivity index (χ0v) is 9.80. The van der Waals surface area contributed by atoms with Gasteiger partial charge < -0.3 is 9.64 Å². The Bertz CT molecular complexity index is 124.